The van der Waals surface area contributed by atoms with Gasteiger partial charge in [0.15, 0.2) is 0 Å². The monoisotopic (exact) mass is 327 g/mol. The first kappa shape index (κ1) is 15.5. The van der Waals surface area contributed by atoms with Crippen LogP contribution < -0.4 is 5.32 Å². The Morgan fingerprint density at radius 3 is 2.62 bits per heavy atom. The molecular formula is C19H25N3O2. The maximum absolute atomic E-state index is 12.4. The van der Waals surface area contributed by atoms with Gasteiger partial charge in [-0.2, -0.15) is 0 Å². The van der Waals surface area contributed by atoms with Crippen molar-refractivity contribution in [3.8, 4) is 0 Å². The van der Waals surface area contributed by atoms with Gasteiger partial charge in [0.1, 0.15) is 11.3 Å². The van der Waals surface area contributed by atoms with E-state index in [0.717, 1.165) is 42.7 Å². The number of hydrogen-bond acceptors (Lipinski definition) is 3. The lowest BCUT2D eigenvalue weighted by atomic mass is 10.0. The van der Waals surface area contributed by atoms with Crippen LogP contribution in [0.5, 0.6) is 0 Å². The van der Waals surface area contributed by atoms with E-state index in [1.54, 1.807) is 0 Å². The van der Waals surface area contributed by atoms with E-state index in [1.165, 1.54) is 25.9 Å². The van der Waals surface area contributed by atoms with Gasteiger partial charge in [-0.05, 0) is 50.9 Å². The van der Waals surface area contributed by atoms with Crippen molar-refractivity contribution in [2.75, 3.05) is 26.2 Å². The topological polar surface area (TPSA) is 48.7 Å². The molecule has 2 fully saturated rings. The van der Waals surface area contributed by atoms with Crippen LogP contribution in [0.15, 0.2) is 34.7 Å². The fourth-order valence-corrected chi connectivity index (χ4v) is 3.94. The molecule has 2 amide bonds. The molecule has 2 aromatic rings. The van der Waals surface area contributed by atoms with Gasteiger partial charge < -0.3 is 19.5 Å². The van der Waals surface area contributed by atoms with E-state index >= 15 is 0 Å². The predicted molar refractivity (Wildman–Crippen MR) is 93.9 cm³/mol. The van der Waals surface area contributed by atoms with Crippen LogP contribution in [0, 0.1) is 0 Å². The van der Waals surface area contributed by atoms with Gasteiger partial charge in [-0.3, -0.25) is 0 Å². The van der Waals surface area contributed by atoms with Gasteiger partial charge in [0.25, 0.3) is 0 Å². The van der Waals surface area contributed by atoms with Crippen molar-refractivity contribution < 1.29 is 9.21 Å². The molecule has 128 valence electrons. The number of hydrogen-bond donors (Lipinski definition) is 1. The van der Waals surface area contributed by atoms with Crippen molar-refractivity contribution in [2.24, 2.45) is 0 Å². The number of piperidine rings is 1. The quantitative estimate of drug-likeness (QED) is 0.942. The Hall–Kier alpha value is -2.01. The summed E-state index contributed by atoms with van der Waals surface area (Å²) in [6.07, 6.45) is 4.85. The first-order chi connectivity index (χ1) is 11.8. The van der Waals surface area contributed by atoms with Crippen LogP contribution in [0.1, 0.15) is 31.4 Å². The van der Waals surface area contributed by atoms with E-state index in [0.29, 0.717) is 12.6 Å². The normalized spacial score (nSPS) is 19.9. The number of carbonyl (C=O) groups is 1. The molecule has 5 nitrogen and oxygen atoms in total. The number of nitrogens with one attached hydrogen (secondary N) is 1. The molecule has 2 aliphatic rings. The molecule has 5 heteroatoms. The average molecular weight is 327 g/mol. The zero-order valence-electron chi connectivity index (χ0n) is 14.0. The lowest BCUT2D eigenvalue weighted by molar-refractivity contribution is 0.133. The summed E-state index contributed by atoms with van der Waals surface area (Å²) in [5, 5.41) is 4.07. The van der Waals surface area contributed by atoms with E-state index in [2.05, 4.69) is 10.2 Å². The molecule has 0 unspecified atom stereocenters. The first-order valence-corrected chi connectivity index (χ1v) is 9.04. The Balaban J connectivity index is 1.27. The SMILES string of the molecule is O=C(NCc1cc2ccccc2o1)N1CCC(N2CCCC2)CC1. The Labute approximate surface area is 142 Å². The summed E-state index contributed by atoms with van der Waals surface area (Å²) < 4.78 is 5.75. The summed E-state index contributed by atoms with van der Waals surface area (Å²) in [7, 11) is 0. The molecular weight excluding hydrogens is 302 g/mol. The zero-order valence-corrected chi connectivity index (χ0v) is 14.0. The Morgan fingerprint density at radius 1 is 1.12 bits per heavy atom. The average Bonchev–Trinajstić information content (AvgIpc) is 3.29. The molecule has 24 heavy (non-hydrogen) atoms. The highest BCUT2D eigenvalue weighted by molar-refractivity contribution is 5.78. The Kier molecular flexibility index (Phi) is 4.43. The Morgan fingerprint density at radius 2 is 1.88 bits per heavy atom. The van der Waals surface area contributed by atoms with Gasteiger partial charge in [-0.15, -0.1) is 0 Å². The summed E-state index contributed by atoms with van der Waals surface area (Å²) in [5.74, 6) is 0.802. The maximum Gasteiger partial charge on any atom is 0.317 e. The molecule has 0 bridgehead atoms. The number of para-hydroxylation sites is 1. The number of likely N-dealkylation sites (tertiary alicyclic amines) is 2. The number of urea groups is 1. The fourth-order valence-electron chi connectivity index (χ4n) is 3.94. The van der Waals surface area contributed by atoms with Gasteiger partial charge in [0, 0.05) is 24.5 Å². The second-order valence-electron chi connectivity index (χ2n) is 6.87. The van der Waals surface area contributed by atoms with Crippen molar-refractivity contribution in [3.05, 3.63) is 36.1 Å². The fraction of sp³-hybridized carbons (Fsp3) is 0.526. The van der Waals surface area contributed by atoms with E-state index in [1.807, 2.05) is 35.2 Å². The van der Waals surface area contributed by atoms with Gasteiger partial charge >= 0.3 is 6.03 Å². The van der Waals surface area contributed by atoms with E-state index in [-0.39, 0.29) is 6.03 Å². The number of nitrogens with zero attached hydrogens (tertiary/aromatic N) is 2. The van der Waals surface area contributed by atoms with Crippen LogP contribution in [0.4, 0.5) is 4.79 Å². The highest BCUT2D eigenvalue weighted by atomic mass is 16.3. The van der Waals surface area contributed by atoms with Crippen molar-refractivity contribution >= 4 is 17.0 Å². The number of fused-ring (bicyclic) bond motifs is 1. The molecule has 3 heterocycles. The molecule has 1 aromatic heterocycles. The molecule has 0 saturated carbocycles. The van der Waals surface area contributed by atoms with E-state index in [9.17, 15) is 4.79 Å². The Bertz CT molecular complexity index is 664. The third-order valence-electron chi connectivity index (χ3n) is 5.30. The van der Waals surface area contributed by atoms with Gasteiger partial charge in [0.05, 0.1) is 6.54 Å². The third kappa shape index (κ3) is 3.26. The largest absolute Gasteiger partial charge is 0.459 e. The summed E-state index contributed by atoms with van der Waals surface area (Å²) >= 11 is 0. The van der Waals surface area contributed by atoms with Crippen LogP contribution in [0.2, 0.25) is 0 Å². The van der Waals surface area contributed by atoms with Crippen LogP contribution in [0.25, 0.3) is 11.0 Å². The summed E-state index contributed by atoms with van der Waals surface area (Å²) in [4.78, 5) is 16.9. The number of furan rings is 1. The van der Waals surface area contributed by atoms with Gasteiger partial charge in [-0.1, -0.05) is 18.2 Å². The lowest BCUT2D eigenvalue weighted by Gasteiger charge is -2.36. The molecule has 0 radical (unpaired) electrons. The highest BCUT2D eigenvalue weighted by Crippen LogP contribution is 2.21. The third-order valence-corrected chi connectivity index (χ3v) is 5.30. The molecule has 0 spiro atoms. The first-order valence-electron chi connectivity index (χ1n) is 9.04. The van der Waals surface area contributed by atoms with Crippen molar-refractivity contribution in [1.82, 2.24) is 15.1 Å². The van der Waals surface area contributed by atoms with Crippen LogP contribution in [-0.4, -0.2) is 48.1 Å². The van der Waals surface area contributed by atoms with Crippen molar-refractivity contribution in [3.63, 3.8) is 0 Å². The number of rotatable bonds is 3. The minimum atomic E-state index is 0.0235. The van der Waals surface area contributed by atoms with Crippen LogP contribution in [0.3, 0.4) is 0 Å². The molecule has 4 rings (SSSR count). The smallest absolute Gasteiger partial charge is 0.317 e. The summed E-state index contributed by atoms with van der Waals surface area (Å²) in [6.45, 7) is 4.63. The molecule has 2 saturated heterocycles. The maximum atomic E-state index is 12.4. The van der Waals surface area contributed by atoms with E-state index < -0.39 is 0 Å². The summed E-state index contributed by atoms with van der Waals surface area (Å²) in [5.41, 5.74) is 0.869. The van der Waals surface area contributed by atoms with Crippen LogP contribution in [-0.2, 0) is 6.54 Å². The van der Waals surface area contributed by atoms with Gasteiger partial charge in [-0.25, -0.2) is 4.79 Å². The number of amides is 2. The van der Waals surface area contributed by atoms with Crippen LogP contribution >= 0.6 is 0 Å². The van der Waals surface area contributed by atoms with Crippen molar-refractivity contribution in [1.29, 1.82) is 0 Å². The standard InChI is InChI=1S/C19H25N3O2/c23-19(20-14-17-13-15-5-1-2-6-18(15)24-17)22-11-7-16(8-12-22)21-9-3-4-10-21/h1-2,5-6,13,16H,3-4,7-12,14H2,(H,20,23). The van der Waals surface area contributed by atoms with Crippen molar-refractivity contribution in [2.45, 2.75) is 38.3 Å². The second-order valence-corrected chi connectivity index (χ2v) is 6.87. The molecule has 0 atom stereocenters. The zero-order chi connectivity index (χ0) is 16.4. The summed E-state index contributed by atoms with van der Waals surface area (Å²) in [6, 6.07) is 10.6. The molecule has 0 aliphatic carbocycles. The minimum Gasteiger partial charge on any atom is -0.459 e. The molecule has 1 aromatic carbocycles. The molecule has 2 aliphatic heterocycles. The number of carbonyl (C=O) groups excluding carboxylic acids is 1. The minimum absolute atomic E-state index is 0.0235. The lowest BCUT2D eigenvalue weighted by Crippen LogP contribution is -2.48. The van der Waals surface area contributed by atoms with E-state index in [4.69, 9.17) is 4.42 Å². The highest BCUT2D eigenvalue weighted by Gasteiger charge is 2.28. The molecule has 1 N–H and O–H groups in total. The second kappa shape index (κ2) is 6.85. The van der Waals surface area contributed by atoms with Gasteiger partial charge in [0.2, 0.25) is 0 Å². The predicted octanol–water partition coefficient (Wildman–Crippen LogP) is 3.20. The number of benzene rings is 1.